The second-order valence-electron chi connectivity index (χ2n) is 6.57. The number of amides is 1. The van der Waals surface area contributed by atoms with Crippen LogP contribution < -0.4 is 10.0 Å². The van der Waals surface area contributed by atoms with Crippen LogP contribution in [0.2, 0.25) is 0 Å². The maximum Gasteiger partial charge on any atom is 0.261 e. The molecule has 144 valence electrons. The maximum absolute atomic E-state index is 12.6. The molecule has 0 bridgehead atoms. The highest BCUT2D eigenvalue weighted by Gasteiger charge is 2.17. The number of rotatable bonds is 6. The standard InChI is InChI=1S/C22H22N2O3S/c1-16-8-6-9-18(14-16)15-23-22(25)20-12-7-13-21(17(20)2)24-28(26,27)19-10-4-3-5-11-19/h3-14,24H,15H2,1-2H3,(H,23,25). The minimum absolute atomic E-state index is 0.170. The monoisotopic (exact) mass is 394 g/mol. The zero-order valence-electron chi connectivity index (χ0n) is 15.8. The van der Waals surface area contributed by atoms with Crippen LogP contribution in [0.4, 0.5) is 5.69 Å². The second kappa shape index (κ2) is 8.27. The molecule has 5 nitrogen and oxygen atoms in total. The molecule has 0 fully saturated rings. The predicted octanol–water partition coefficient (Wildman–Crippen LogP) is 4.03. The molecule has 28 heavy (non-hydrogen) atoms. The summed E-state index contributed by atoms with van der Waals surface area (Å²) in [5, 5.41) is 2.89. The fraction of sp³-hybridized carbons (Fsp3) is 0.136. The van der Waals surface area contributed by atoms with Crippen molar-refractivity contribution in [2.24, 2.45) is 0 Å². The lowest BCUT2D eigenvalue weighted by molar-refractivity contribution is 0.0950. The van der Waals surface area contributed by atoms with Gasteiger partial charge in [-0.3, -0.25) is 9.52 Å². The highest BCUT2D eigenvalue weighted by Crippen LogP contribution is 2.22. The molecule has 3 rings (SSSR count). The van der Waals surface area contributed by atoms with Crippen molar-refractivity contribution in [1.29, 1.82) is 0 Å². The Bertz CT molecular complexity index is 1090. The van der Waals surface area contributed by atoms with Gasteiger partial charge in [-0.25, -0.2) is 8.42 Å². The molecule has 0 aliphatic heterocycles. The summed E-state index contributed by atoms with van der Waals surface area (Å²) < 4.78 is 27.7. The molecule has 0 atom stereocenters. The van der Waals surface area contributed by atoms with E-state index in [-0.39, 0.29) is 10.8 Å². The molecule has 0 unspecified atom stereocenters. The van der Waals surface area contributed by atoms with Gasteiger partial charge in [0.2, 0.25) is 0 Å². The Kier molecular flexibility index (Phi) is 5.80. The van der Waals surface area contributed by atoms with Crippen molar-refractivity contribution < 1.29 is 13.2 Å². The summed E-state index contributed by atoms with van der Waals surface area (Å²) in [4.78, 5) is 12.8. The van der Waals surface area contributed by atoms with Crippen LogP contribution in [0.1, 0.15) is 27.0 Å². The normalized spacial score (nSPS) is 11.1. The average Bonchev–Trinajstić information content (AvgIpc) is 2.68. The highest BCUT2D eigenvalue weighted by atomic mass is 32.2. The van der Waals surface area contributed by atoms with Gasteiger partial charge in [-0.1, -0.05) is 54.1 Å². The Balaban J connectivity index is 1.78. The van der Waals surface area contributed by atoms with Crippen LogP contribution in [0, 0.1) is 13.8 Å². The number of sulfonamides is 1. The molecule has 3 aromatic carbocycles. The van der Waals surface area contributed by atoms with Crippen molar-refractivity contribution in [3.05, 3.63) is 95.1 Å². The molecule has 0 spiro atoms. The van der Waals surface area contributed by atoms with E-state index in [1.54, 1.807) is 43.3 Å². The van der Waals surface area contributed by atoms with Gasteiger partial charge in [0.25, 0.3) is 15.9 Å². The lowest BCUT2D eigenvalue weighted by Gasteiger charge is -2.14. The fourth-order valence-corrected chi connectivity index (χ4v) is 4.04. The van der Waals surface area contributed by atoms with Gasteiger partial charge in [0.05, 0.1) is 10.6 Å². The number of hydrogen-bond donors (Lipinski definition) is 2. The molecule has 0 heterocycles. The minimum atomic E-state index is -3.72. The first kappa shape index (κ1) is 19.6. The summed E-state index contributed by atoms with van der Waals surface area (Å²) in [6, 6.07) is 21.0. The van der Waals surface area contributed by atoms with Gasteiger partial charge < -0.3 is 5.32 Å². The maximum atomic E-state index is 12.6. The third kappa shape index (κ3) is 4.58. The number of carbonyl (C=O) groups is 1. The van der Waals surface area contributed by atoms with Crippen molar-refractivity contribution in [1.82, 2.24) is 5.32 Å². The Hall–Kier alpha value is -3.12. The van der Waals surface area contributed by atoms with Crippen LogP contribution in [0.25, 0.3) is 0 Å². The first-order chi connectivity index (χ1) is 13.4. The molecule has 0 aliphatic carbocycles. The zero-order valence-corrected chi connectivity index (χ0v) is 16.6. The Labute approximate surface area is 165 Å². The van der Waals surface area contributed by atoms with E-state index in [1.807, 2.05) is 31.2 Å². The summed E-state index contributed by atoms with van der Waals surface area (Å²) in [5.74, 6) is -0.250. The zero-order chi connectivity index (χ0) is 20.1. The van der Waals surface area contributed by atoms with Crippen LogP contribution in [-0.2, 0) is 16.6 Å². The van der Waals surface area contributed by atoms with E-state index < -0.39 is 10.0 Å². The van der Waals surface area contributed by atoms with Crippen molar-refractivity contribution in [3.63, 3.8) is 0 Å². The lowest BCUT2D eigenvalue weighted by atomic mass is 10.1. The number of hydrogen-bond acceptors (Lipinski definition) is 3. The summed E-state index contributed by atoms with van der Waals surface area (Å²) in [6.45, 7) is 4.13. The molecular formula is C22H22N2O3S. The summed E-state index contributed by atoms with van der Waals surface area (Å²) in [7, 11) is -3.72. The van der Waals surface area contributed by atoms with Gasteiger partial charge in [0.1, 0.15) is 0 Å². The largest absolute Gasteiger partial charge is 0.348 e. The molecule has 0 aromatic heterocycles. The summed E-state index contributed by atoms with van der Waals surface area (Å²) in [6.07, 6.45) is 0. The minimum Gasteiger partial charge on any atom is -0.348 e. The van der Waals surface area contributed by atoms with Crippen LogP contribution in [0.15, 0.2) is 77.7 Å². The van der Waals surface area contributed by atoms with Gasteiger partial charge in [-0.2, -0.15) is 0 Å². The van der Waals surface area contributed by atoms with Gasteiger partial charge in [-0.05, 0) is 49.2 Å². The molecule has 3 aromatic rings. The highest BCUT2D eigenvalue weighted by molar-refractivity contribution is 7.92. The molecule has 0 aliphatic rings. The van der Waals surface area contributed by atoms with E-state index in [9.17, 15) is 13.2 Å². The first-order valence-electron chi connectivity index (χ1n) is 8.88. The van der Waals surface area contributed by atoms with Crippen molar-refractivity contribution in [2.75, 3.05) is 4.72 Å². The van der Waals surface area contributed by atoms with E-state index in [4.69, 9.17) is 0 Å². The predicted molar refractivity (Wildman–Crippen MR) is 111 cm³/mol. The van der Waals surface area contributed by atoms with Crippen molar-refractivity contribution >= 4 is 21.6 Å². The molecule has 0 radical (unpaired) electrons. The Morgan fingerprint density at radius 2 is 1.61 bits per heavy atom. The van der Waals surface area contributed by atoms with Crippen LogP contribution in [-0.4, -0.2) is 14.3 Å². The molecule has 2 N–H and O–H groups in total. The lowest BCUT2D eigenvalue weighted by Crippen LogP contribution is -2.24. The average molecular weight is 394 g/mol. The second-order valence-corrected chi connectivity index (χ2v) is 8.25. The number of carbonyl (C=O) groups excluding carboxylic acids is 1. The number of nitrogens with one attached hydrogen (secondary N) is 2. The van der Waals surface area contributed by atoms with Crippen LogP contribution in [0.3, 0.4) is 0 Å². The van der Waals surface area contributed by atoms with Gasteiger partial charge in [-0.15, -0.1) is 0 Å². The summed E-state index contributed by atoms with van der Waals surface area (Å²) in [5.41, 5.74) is 3.52. The molecule has 1 amide bonds. The van der Waals surface area contributed by atoms with E-state index >= 15 is 0 Å². The molecule has 0 saturated carbocycles. The number of benzene rings is 3. The van der Waals surface area contributed by atoms with Gasteiger partial charge in [0, 0.05) is 12.1 Å². The van der Waals surface area contributed by atoms with E-state index in [0.717, 1.165) is 11.1 Å². The number of aryl methyl sites for hydroxylation is 1. The fourth-order valence-electron chi connectivity index (χ4n) is 2.90. The smallest absolute Gasteiger partial charge is 0.261 e. The molecular weight excluding hydrogens is 372 g/mol. The SMILES string of the molecule is Cc1cccc(CNC(=O)c2cccc(NS(=O)(=O)c3ccccc3)c2C)c1. The topological polar surface area (TPSA) is 75.3 Å². The third-order valence-corrected chi connectivity index (χ3v) is 5.79. The third-order valence-electron chi connectivity index (χ3n) is 4.41. The van der Waals surface area contributed by atoms with Gasteiger partial charge >= 0.3 is 0 Å². The van der Waals surface area contributed by atoms with Crippen molar-refractivity contribution in [2.45, 2.75) is 25.3 Å². The summed E-state index contributed by atoms with van der Waals surface area (Å²) >= 11 is 0. The quantitative estimate of drug-likeness (QED) is 0.663. The number of anilines is 1. The van der Waals surface area contributed by atoms with Gasteiger partial charge in [0.15, 0.2) is 0 Å². The molecule has 6 heteroatoms. The Morgan fingerprint density at radius 3 is 2.32 bits per heavy atom. The van der Waals surface area contributed by atoms with Crippen molar-refractivity contribution in [3.8, 4) is 0 Å². The van der Waals surface area contributed by atoms with Crippen LogP contribution in [0.5, 0.6) is 0 Å². The molecule has 0 saturated heterocycles. The Morgan fingerprint density at radius 1 is 0.893 bits per heavy atom. The van der Waals surface area contributed by atoms with E-state index in [2.05, 4.69) is 10.0 Å². The van der Waals surface area contributed by atoms with E-state index in [0.29, 0.717) is 23.4 Å². The first-order valence-corrected chi connectivity index (χ1v) is 10.4. The van der Waals surface area contributed by atoms with E-state index in [1.165, 1.54) is 12.1 Å². The van der Waals surface area contributed by atoms with Crippen LogP contribution >= 0.6 is 0 Å².